The molecule has 3 amide bonds. The van der Waals surface area contributed by atoms with Crippen LogP contribution in [0.25, 0.3) is 0 Å². The molecule has 25 heavy (non-hydrogen) atoms. The smallest absolute Gasteiger partial charge is 0.317 e. The minimum absolute atomic E-state index is 0.0309. The number of carbonyl (C=O) groups is 2. The Bertz CT molecular complexity index is 626. The topological polar surface area (TPSA) is 87.5 Å². The number of nitrogens with zero attached hydrogens (tertiary/aromatic N) is 1. The fourth-order valence-corrected chi connectivity index (χ4v) is 3.85. The largest absolute Gasteiger partial charge is 0.349 e. The maximum atomic E-state index is 12.3. The summed E-state index contributed by atoms with van der Waals surface area (Å²) in [6.07, 6.45) is 5.31. The molecule has 136 valence electrons. The van der Waals surface area contributed by atoms with Gasteiger partial charge in [0.2, 0.25) is 5.91 Å². The van der Waals surface area contributed by atoms with Gasteiger partial charge in [-0.1, -0.05) is 37.1 Å². The molecule has 0 bridgehead atoms. The molecule has 0 radical (unpaired) electrons. The van der Waals surface area contributed by atoms with Crippen LogP contribution in [0.2, 0.25) is 0 Å². The fourth-order valence-electron chi connectivity index (χ4n) is 3.85. The quantitative estimate of drug-likeness (QED) is 0.757. The van der Waals surface area contributed by atoms with E-state index in [-0.39, 0.29) is 23.9 Å². The molecule has 6 heteroatoms. The number of carbonyl (C=O) groups excluding carboxylic acids is 2. The number of fused-ring (bicyclic) bond motifs is 1. The first-order chi connectivity index (χ1) is 12.1. The molecule has 6 nitrogen and oxygen atoms in total. The molecule has 1 heterocycles. The average Bonchev–Trinajstić information content (AvgIpc) is 3.10. The molecule has 1 saturated carbocycles. The van der Waals surface area contributed by atoms with E-state index in [1.54, 1.807) is 4.90 Å². The van der Waals surface area contributed by atoms with Gasteiger partial charge in [-0.15, -0.1) is 0 Å². The van der Waals surface area contributed by atoms with Gasteiger partial charge in [-0.25, -0.2) is 4.79 Å². The summed E-state index contributed by atoms with van der Waals surface area (Å²) in [6, 6.07) is 8.12. The van der Waals surface area contributed by atoms with Crippen LogP contribution in [0.3, 0.4) is 0 Å². The number of amides is 3. The number of nitrogens with two attached hydrogens (primary N) is 1. The Labute approximate surface area is 149 Å². The number of rotatable bonds is 5. The predicted molar refractivity (Wildman–Crippen MR) is 97.0 cm³/mol. The number of nitrogens with one attached hydrogen (secondary N) is 2. The molecule has 1 aromatic rings. The van der Waals surface area contributed by atoms with Crippen molar-refractivity contribution in [2.45, 2.75) is 50.6 Å². The first kappa shape index (κ1) is 17.7. The second-order valence-electron chi connectivity index (χ2n) is 7.16. The molecule has 4 N–H and O–H groups in total. The number of urea groups is 1. The van der Waals surface area contributed by atoms with Gasteiger partial charge in [-0.2, -0.15) is 0 Å². The molecular weight excluding hydrogens is 316 g/mol. The minimum atomic E-state index is -0.225. The normalized spacial score (nSPS) is 18.5. The number of hydrogen-bond acceptors (Lipinski definition) is 3. The van der Waals surface area contributed by atoms with Crippen LogP contribution in [0.15, 0.2) is 24.3 Å². The SMILES string of the molecule is NCC1(NC(=O)CCNC(=O)N2CCc3ccccc3C2)CCCC1. The number of benzene rings is 1. The molecule has 1 aromatic carbocycles. The van der Waals surface area contributed by atoms with Crippen molar-refractivity contribution in [1.29, 1.82) is 0 Å². The van der Waals surface area contributed by atoms with Gasteiger partial charge in [0.15, 0.2) is 0 Å². The molecule has 0 aromatic heterocycles. The summed E-state index contributed by atoms with van der Waals surface area (Å²) in [7, 11) is 0. The second kappa shape index (κ2) is 7.87. The first-order valence-corrected chi connectivity index (χ1v) is 9.22. The zero-order chi connectivity index (χ0) is 17.7. The van der Waals surface area contributed by atoms with E-state index in [2.05, 4.69) is 22.8 Å². The molecule has 0 atom stereocenters. The molecule has 3 rings (SSSR count). The Morgan fingerprint density at radius 2 is 1.88 bits per heavy atom. The summed E-state index contributed by atoms with van der Waals surface area (Å²) in [5.41, 5.74) is 8.13. The maximum Gasteiger partial charge on any atom is 0.317 e. The van der Waals surface area contributed by atoms with Gasteiger partial charge in [0.05, 0.1) is 5.54 Å². The first-order valence-electron chi connectivity index (χ1n) is 9.22. The predicted octanol–water partition coefficient (Wildman–Crippen LogP) is 1.53. The highest BCUT2D eigenvalue weighted by Gasteiger charge is 2.33. The Morgan fingerprint density at radius 1 is 1.16 bits per heavy atom. The lowest BCUT2D eigenvalue weighted by atomic mass is 9.97. The van der Waals surface area contributed by atoms with Crippen molar-refractivity contribution in [1.82, 2.24) is 15.5 Å². The van der Waals surface area contributed by atoms with Gasteiger partial charge in [0.1, 0.15) is 0 Å². The highest BCUT2D eigenvalue weighted by Crippen LogP contribution is 2.28. The zero-order valence-corrected chi connectivity index (χ0v) is 14.7. The van der Waals surface area contributed by atoms with Crippen LogP contribution in [0.1, 0.15) is 43.2 Å². The van der Waals surface area contributed by atoms with Crippen molar-refractivity contribution in [3.63, 3.8) is 0 Å². The third-order valence-electron chi connectivity index (χ3n) is 5.40. The van der Waals surface area contributed by atoms with Gasteiger partial charge in [-0.05, 0) is 30.4 Å². The molecule has 0 saturated heterocycles. The lowest BCUT2D eigenvalue weighted by Gasteiger charge is -2.30. The number of hydrogen-bond donors (Lipinski definition) is 3. The van der Waals surface area contributed by atoms with Crippen molar-refractivity contribution in [3.8, 4) is 0 Å². The van der Waals surface area contributed by atoms with Gasteiger partial charge in [0, 0.05) is 32.6 Å². The highest BCUT2D eigenvalue weighted by molar-refractivity contribution is 5.79. The molecule has 0 unspecified atom stereocenters. The summed E-state index contributed by atoms with van der Waals surface area (Å²) in [5, 5.41) is 5.94. The van der Waals surface area contributed by atoms with Gasteiger partial charge < -0.3 is 21.3 Å². The van der Waals surface area contributed by atoms with Crippen LogP contribution in [-0.2, 0) is 17.8 Å². The summed E-state index contributed by atoms with van der Waals surface area (Å²) >= 11 is 0. The van der Waals surface area contributed by atoms with Crippen molar-refractivity contribution < 1.29 is 9.59 Å². The Hall–Kier alpha value is -2.08. The third-order valence-corrected chi connectivity index (χ3v) is 5.40. The van der Waals surface area contributed by atoms with Crippen LogP contribution in [0.5, 0.6) is 0 Å². The monoisotopic (exact) mass is 344 g/mol. The maximum absolute atomic E-state index is 12.3. The lowest BCUT2D eigenvalue weighted by molar-refractivity contribution is -0.122. The molecule has 2 aliphatic rings. The van der Waals surface area contributed by atoms with Crippen LogP contribution in [-0.4, -0.2) is 42.0 Å². The van der Waals surface area contributed by atoms with Crippen LogP contribution >= 0.6 is 0 Å². The van der Waals surface area contributed by atoms with E-state index in [9.17, 15) is 9.59 Å². The van der Waals surface area contributed by atoms with Crippen molar-refractivity contribution in [3.05, 3.63) is 35.4 Å². The second-order valence-corrected chi connectivity index (χ2v) is 7.16. The fraction of sp³-hybridized carbons (Fsp3) is 0.579. The van der Waals surface area contributed by atoms with Crippen molar-refractivity contribution in [2.75, 3.05) is 19.6 Å². The lowest BCUT2D eigenvalue weighted by Crippen LogP contribution is -2.52. The van der Waals surface area contributed by atoms with Gasteiger partial charge >= 0.3 is 6.03 Å². The molecular formula is C19H28N4O2. The van der Waals surface area contributed by atoms with E-state index in [1.165, 1.54) is 11.1 Å². The van der Waals surface area contributed by atoms with Gasteiger partial charge in [-0.3, -0.25) is 4.79 Å². The summed E-state index contributed by atoms with van der Waals surface area (Å²) in [5.74, 6) is -0.0309. The highest BCUT2D eigenvalue weighted by atomic mass is 16.2. The van der Waals surface area contributed by atoms with Gasteiger partial charge in [0.25, 0.3) is 0 Å². The average molecular weight is 344 g/mol. The Balaban J connectivity index is 1.42. The zero-order valence-electron chi connectivity index (χ0n) is 14.7. The molecule has 1 aliphatic heterocycles. The van der Waals surface area contributed by atoms with Crippen molar-refractivity contribution in [2.24, 2.45) is 5.73 Å². The summed E-state index contributed by atoms with van der Waals surface area (Å²) in [4.78, 5) is 26.3. The molecule has 1 fully saturated rings. The molecule has 0 spiro atoms. The van der Waals surface area contributed by atoms with E-state index >= 15 is 0 Å². The third kappa shape index (κ3) is 4.31. The summed E-state index contributed by atoms with van der Waals surface area (Å²) in [6.45, 7) is 2.18. The minimum Gasteiger partial charge on any atom is -0.349 e. The molecule has 1 aliphatic carbocycles. The van der Waals surface area contributed by atoms with Crippen molar-refractivity contribution >= 4 is 11.9 Å². The van der Waals surface area contributed by atoms with Crippen LogP contribution in [0.4, 0.5) is 4.79 Å². The van der Waals surface area contributed by atoms with Crippen LogP contribution in [0, 0.1) is 0 Å². The van der Waals surface area contributed by atoms with E-state index < -0.39 is 0 Å². The van der Waals surface area contributed by atoms with E-state index in [0.717, 1.165) is 32.1 Å². The Kier molecular flexibility index (Phi) is 5.58. The standard InChI is InChI=1S/C19H28N4O2/c20-14-19(9-3-4-10-19)22-17(24)7-11-21-18(25)23-12-8-15-5-1-2-6-16(15)13-23/h1-2,5-6H,3-4,7-14,20H2,(H,21,25)(H,22,24). The van der Waals surface area contributed by atoms with E-state index in [1.807, 2.05) is 12.1 Å². The summed E-state index contributed by atoms with van der Waals surface area (Å²) < 4.78 is 0. The Morgan fingerprint density at radius 3 is 2.60 bits per heavy atom. The van der Waals surface area contributed by atoms with E-state index in [4.69, 9.17) is 5.73 Å². The van der Waals surface area contributed by atoms with Crippen LogP contribution < -0.4 is 16.4 Å². The van der Waals surface area contributed by atoms with E-state index in [0.29, 0.717) is 26.2 Å².